The second-order valence-electron chi connectivity index (χ2n) is 8.44. The van der Waals surface area contributed by atoms with E-state index in [1.54, 1.807) is 0 Å². The second kappa shape index (κ2) is 12.0. The summed E-state index contributed by atoms with van der Waals surface area (Å²) in [4.78, 5) is 28.1. The highest BCUT2D eigenvalue weighted by Crippen LogP contribution is 2.21. The van der Waals surface area contributed by atoms with E-state index >= 15 is 0 Å². The van der Waals surface area contributed by atoms with E-state index in [-0.39, 0.29) is 24.2 Å². The lowest BCUT2D eigenvalue weighted by Gasteiger charge is -2.33. The predicted molar refractivity (Wildman–Crippen MR) is 132 cm³/mol. The average molecular weight is 492 g/mol. The van der Waals surface area contributed by atoms with E-state index in [1.165, 1.54) is 17.0 Å². The van der Waals surface area contributed by atoms with Crippen molar-refractivity contribution in [1.82, 2.24) is 10.2 Å². The Hall–Kier alpha value is -2.94. The number of halogens is 1. The van der Waals surface area contributed by atoms with E-state index in [2.05, 4.69) is 5.32 Å². The molecule has 2 aromatic carbocycles. The van der Waals surface area contributed by atoms with Gasteiger partial charge in [0, 0.05) is 12.6 Å². The molecule has 2 aromatic rings. The van der Waals surface area contributed by atoms with Crippen molar-refractivity contribution in [1.29, 1.82) is 0 Å². The Balaban J connectivity index is 2.44. The number of rotatable bonds is 11. The molecule has 0 aliphatic heterocycles. The molecule has 0 unspecified atom stereocenters. The first-order valence-electron chi connectivity index (χ1n) is 11.4. The van der Waals surface area contributed by atoms with Crippen LogP contribution in [0, 0.1) is 12.7 Å². The molecule has 0 aromatic heterocycles. The van der Waals surface area contributed by atoms with Crippen LogP contribution >= 0.6 is 0 Å². The smallest absolute Gasteiger partial charge is 0.244 e. The zero-order chi connectivity index (χ0) is 25.5. The number of nitrogens with one attached hydrogen (secondary N) is 1. The van der Waals surface area contributed by atoms with Gasteiger partial charge in [-0.25, -0.2) is 12.8 Å². The van der Waals surface area contributed by atoms with Crippen LogP contribution in [0.25, 0.3) is 0 Å². The van der Waals surface area contributed by atoms with Crippen LogP contribution in [-0.4, -0.2) is 50.0 Å². The molecule has 9 heteroatoms. The van der Waals surface area contributed by atoms with Crippen molar-refractivity contribution in [3.05, 3.63) is 65.5 Å². The van der Waals surface area contributed by atoms with Crippen LogP contribution in [0.2, 0.25) is 0 Å². The van der Waals surface area contributed by atoms with E-state index < -0.39 is 34.3 Å². The van der Waals surface area contributed by atoms with Gasteiger partial charge in [-0.2, -0.15) is 0 Å². The Labute approximate surface area is 202 Å². The first-order chi connectivity index (χ1) is 16.0. The molecular formula is C25H34FN3O4S. The number of amides is 2. The molecule has 2 rings (SSSR count). The number of hydrogen-bond donors (Lipinski definition) is 1. The molecule has 2 amide bonds. The molecule has 0 spiro atoms. The van der Waals surface area contributed by atoms with Gasteiger partial charge in [-0.05, 0) is 62.1 Å². The van der Waals surface area contributed by atoms with Crippen molar-refractivity contribution in [3.8, 4) is 0 Å². The van der Waals surface area contributed by atoms with Crippen molar-refractivity contribution >= 4 is 27.5 Å². The van der Waals surface area contributed by atoms with Gasteiger partial charge in [-0.15, -0.1) is 0 Å². The van der Waals surface area contributed by atoms with E-state index in [4.69, 9.17) is 0 Å². The summed E-state index contributed by atoms with van der Waals surface area (Å²) in [6, 6.07) is 11.6. The first-order valence-corrected chi connectivity index (χ1v) is 13.2. The van der Waals surface area contributed by atoms with E-state index in [9.17, 15) is 22.4 Å². The third kappa shape index (κ3) is 7.28. The van der Waals surface area contributed by atoms with Crippen LogP contribution in [0.3, 0.4) is 0 Å². The lowest BCUT2D eigenvalue weighted by molar-refractivity contribution is -0.140. The summed E-state index contributed by atoms with van der Waals surface area (Å²) in [5.41, 5.74) is 1.99. The molecule has 0 radical (unpaired) electrons. The van der Waals surface area contributed by atoms with Crippen molar-refractivity contribution < 1.29 is 22.4 Å². The van der Waals surface area contributed by atoms with Gasteiger partial charge in [0.1, 0.15) is 18.4 Å². The minimum atomic E-state index is -3.85. The Kier molecular flexibility index (Phi) is 9.61. The molecule has 0 saturated heterocycles. The van der Waals surface area contributed by atoms with E-state index in [1.807, 2.05) is 52.0 Å². The molecule has 1 N–H and O–H groups in total. The van der Waals surface area contributed by atoms with Gasteiger partial charge in [-0.3, -0.25) is 13.9 Å². The fourth-order valence-electron chi connectivity index (χ4n) is 3.55. The van der Waals surface area contributed by atoms with E-state index in [0.717, 1.165) is 40.2 Å². The minimum absolute atomic E-state index is 0.0660. The average Bonchev–Trinajstić information content (AvgIpc) is 2.78. The Morgan fingerprint density at radius 2 is 1.65 bits per heavy atom. The Morgan fingerprint density at radius 1 is 1.03 bits per heavy atom. The van der Waals surface area contributed by atoms with Crippen molar-refractivity contribution in [2.75, 3.05) is 17.1 Å². The van der Waals surface area contributed by atoms with Gasteiger partial charge in [0.25, 0.3) is 0 Å². The van der Waals surface area contributed by atoms with Crippen LogP contribution in [-0.2, 0) is 26.2 Å². The maximum Gasteiger partial charge on any atom is 0.244 e. The van der Waals surface area contributed by atoms with Gasteiger partial charge >= 0.3 is 0 Å². The van der Waals surface area contributed by atoms with Gasteiger partial charge < -0.3 is 10.2 Å². The Bertz CT molecular complexity index is 1090. The number of carbonyl (C=O) groups is 2. The fraction of sp³-hybridized carbons (Fsp3) is 0.440. The number of aryl methyl sites for hydroxylation is 1. The molecule has 0 aliphatic carbocycles. The maximum atomic E-state index is 13.6. The third-order valence-electron chi connectivity index (χ3n) is 5.78. The fourth-order valence-corrected chi connectivity index (χ4v) is 4.40. The largest absolute Gasteiger partial charge is 0.352 e. The standard InChI is InChI=1S/C25H34FN3O4S/c1-6-19(4)27-25(31)23(7-2)28(16-20-11-9-8-10-18(20)3)24(30)17-29(34(5,32)33)22-14-12-21(26)13-15-22/h8-15,19,23H,6-7,16-17H2,1-5H3,(H,27,31)/t19-,23-/m0/s1. The van der Waals surface area contributed by atoms with Gasteiger partial charge in [0.05, 0.1) is 11.9 Å². The number of carbonyl (C=O) groups excluding carboxylic acids is 2. The monoisotopic (exact) mass is 491 g/mol. The second-order valence-corrected chi connectivity index (χ2v) is 10.3. The highest BCUT2D eigenvalue weighted by molar-refractivity contribution is 7.92. The van der Waals surface area contributed by atoms with Crippen LogP contribution < -0.4 is 9.62 Å². The summed E-state index contributed by atoms with van der Waals surface area (Å²) in [6.45, 7) is 7.21. The van der Waals surface area contributed by atoms with Crippen molar-refractivity contribution in [2.24, 2.45) is 0 Å². The number of benzene rings is 2. The van der Waals surface area contributed by atoms with E-state index in [0.29, 0.717) is 6.42 Å². The van der Waals surface area contributed by atoms with Crippen LogP contribution in [0.1, 0.15) is 44.7 Å². The number of hydrogen-bond acceptors (Lipinski definition) is 4. The summed E-state index contributed by atoms with van der Waals surface area (Å²) in [5.74, 6) is -1.33. The summed E-state index contributed by atoms with van der Waals surface area (Å²) >= 11 is 0. The molecule has 0 bridgehead atoms. The normalized spacial score (nSPS) is 13.1. The molecule has 2 atom stereocenters. The lowest BCUT2D eigenvalue weighted by atomic mass is 10.1. The highest BCUT2D eigenvalue weighted by Gasteiger charge is 2.32. The van der Waals surface area contributed by atoms with Crippen LogP contribution in [0.4, 0.5) is 10.1 Å². The molecule has 0 saturated carbocycles. The first kappa shape index (κ1) is 27.3. The highest BCUT2D eigenvalue weighted by atomic mass is 32.2. The zero-order valence-corrected chi connectivity index (χ0v) is 21.2. The Morgan fingerprint density at radius 3 is 2.18 bits per heavy atom. The third-order valence-corrected chi connectivity index (χ3v) is 6.92. The molecule has 34 heavy (non-hydrogen) atoms. The summed E-state index contributed by atoms with van der Waals surface area (Å²) in [6.07, 6.45) is 2.08. The number of nitrogens with zero attached hydrogens (tertiary/aromatic N) is 2. The van der Waals surface area contributed by atoms with Gasteiger partial charge in [-0.1, -0.05) is 38.1 Å². The summed E-state index contributed by atoms with van der Waals surface area (Å²) in [7, 11) is -3.85. The molecule has 0 heterocycles. The lowest BCUT2D eigenvalue weighted by Crippen LogP contribution is -2.53. The maximum absolute atomic E-state index is 13.6. The number of anilines is 1. The minimum Gasteiger partial charge on any atom is -0.352 e. The molecular weight excluding hydrogens is 457 g/mol. The van der Waals surface area contributed by atoms with Crippen molar-refractivity contribution in [2.45, 2.75) is 59.2 Å². The van der Waals surface area contributed by atoms with Gasteiger partial charge in [0.2, 0.25) is 21.8 Å². The summed E-state index contributed by atoms with van der Waals surface area (Å²) in [5, 5.41) is 2.93. The van der Waals surface area contributed by atoms with Crippen LogP contribution in [0.5, 0.6) is 0 Å². The van der Waals surface area contributed by atoms with Crippen LogP contribution in [0.15, 0.2) is 48.5 Å². The summed E-state index contributed by atoms with van der Waals surface area (Å²) < 4.78 is 39.4. The quantitative estimate of drug-likeness (QED) is 0.520. The molecule has 0 fully saturated rings. The molecule has 0 aliphatic rings. The van der Waals surface area contributed by atoms with Gasteiger partial charge in [0.15, 0.2) is 0 Å². The topological polar surface area (TPSA) is 86.8 Å². The predicted octanol–water partition coefficient (Wildman–Crippen LogP) is 3.62. The molecule has 7 nitrogen and oxygen atoms in total. The zero-order valence-electron chi connectivity index (χ0n) is 20.4. The number of sulfonamides is 1. The van der Waals surface area contributed by atoms with Crippen molar-refractivity contribution in [3.63, 3.8) is 0 Å². The molecule has 186 valence electrons. The SMILES string of the molecule is CC[C@H](C)NC(=O)[C@H](CC)N(Cc1ccccc1C)C(=O)CN(c1ccc(F)cc1)S(C)(=O)=O.